The van der Waals surface area contributed by atoms with Gasteiger partial charge >= 0.3 is 0 Å². The number of halogens is 1. The minimum Gasteiger partial charge on any atom is -0.496 e. The van der Waals surface area contributed by atoms with Gasteiger partial charge in [-0.15, -0.1) is 0 Å². The molecule has 0 atom stereocenters. The van der Waals surface area contributed by atoms with Crippen LogP contribution in [0.25, 0.3) is 22.3 Å². The van der Waals surface area contributed by atoms with Crippen molar-refractivity contribution in [2.24, 2.45) is 10.8 Å². The Morgan fingerprint density at radius 2 is 1.85 bits per heavy atom. The van der Waals surface area contributed by atoms with Gasteiger partial charge < -0.3 is 19.9 Å². The summed E-state index contributed by atoms with van der Waals surface area (Å²) in [6, 6.07) is 14.5. The maximum Gasteiger partial charge on any atom is 0.282 e. The molecule has 4 rings (SSSR count). The Balaban J connectivity index is 1.91. The van der Waals surface area contributed by atoms with Crippen molar-refractivity contribution in [1.82, 2.24) is 9.66 Å². The van der Waals surface area contributed by atoms with Crippen LogP contribution in [0.2, 0.25) is 0 Å². The number of hydrogen-bond acceptors (Lipinski definition) is 7. The molecular weight excluding hydrogens is 576 g/mol. The van der Waals surface area contributed by atoms with Gasteiger partial charge in [0.15, 0.2) is 23.9 Å². The smallest absolute Gasteiger partial charge is 0.282 e. The average molecular weight is 608 g/mol. The predicted octanol–water partition coefficient (Wildman–Crippen LogP) is 5.41. The maximum absolute atomic E-state index is 13.7. The molecule has 10 heteroatoms. The largest absolute Gasteiger partial charge is 0.496 e. The third-order valence-corrected chi connectivity index (χ3v) is 6.93. The molecule has 0 fully saturated rings. The molecule has 208 valence electrons. The van der Waals surface area contributed by atoms with E-state index >= 15 is 0 Å². The van der Waals surface area contributed by atoms with E-state index in [1.54, 1.807) is 37.6 Å². The summed E-state index contributed by atoms with van der Waals surface area (Å²) in [5, 5.41) is 5.06. The van der Waals surface area contributed by atoms with Crippen LogP contribution in [-0.4, -0.2) is 42.1 Å². The zero-order valence-corrected chi connectivity index (χ0v) is 24.6. The molecule has 40 heavy (non-hydrogen) atoms. The number of para-hydroxylation sites is 1. The third-order valence-electron chi connectivity index (χ3n) is 6.24. The fraction of sp³-hybridized carbons (Fsp3) is 0.267. The van der Waals surface area contributed by atoms with E-state index in [1.165, 1.54) is 4.68 Å². The van der Waals surface area contributed by atoms with Crippen molar-refractivity contribution in [1.29, 1.82) is 0 Å². The number of aryl methyl sites for hydroxylation is 1. The molecule has 0 aliphatic rings. The van der Waals surface area contributed by atoms with Gasteiger partial charge in [0.05, 0.1) is 30.8 Å². The Bertz CT molecular complexity index is 1660. The minimum atomic E-state index is -0.602. The summed E-state index contributed by atoms with van der Waals surface area (Å²) in [6.45, 7) is 8.04. The van der Waals surface area contributed by atoms with Gasteiger partial charge in [-0.2, -0.15) is 9.78 Å². The van der Waals surface area contributed by atoms with E-state index in [1.807, 2.05) is 38.1 Å². The molecule has 9 nitrogen and oxygen atoms in total. The summed E-state index contributed by atoms with van der Waals surface area (Å²) < 4.78 is 18.8. The van der Waals surface area contributed by atoms with Crippen LogP contribution in [0.1, 0.15) is 43.4 Å². The third kappa shape index (κ3) is 6.02. The number of carbonyl (C=O) groups is 1. The first-order chi connectivity index (χ1) is 19.1. The highest BCUT2D eigenvalue weighted by Crippen LogP contribution is 2.35. The summed E-state index contributed by atoms with van der Waals surface area (Å²) in [5.74, 6) is 1.52. The second-order valence-electron chi connectivity index (χ2n) is 9.39. The molecule has 0 unspecified atom stereocenters. The number of ether oxygens (including phenoxy) is 3. The summed E-state index contributed by atoms with van der Waals surface area (Å²) in [7, 11) is 1.65. The second-order valence-corrected chi connectivity index (χ2v) is 10.2. The van der Waals surface area contributed by atoms with Crippen LogP contribution in [0.5, 0.6) is 17.2 Å². The predicted molar refractivity (Wildman–Crippen MR) is 160 cm³/mol. The summed E-state index contributed by atoms with van der Waals surface area (Å²) in [6.07, 6.45) is 1.55. The van der Waals surface area contributed by atoms with Crippen LogP contribution in [0.3, 0.4) is 0 Å². The average Bonchev–Trinajstić information content (AvgIpc) is 2.92. The lowest BCUT2D eigenvalue weighted by atomic mass is 9.96. The van der Waals surface area contributed by atoms with Crippen LogP contribution < -0.4 is 25.5 Å². The Morgan fingerprint density at radius 3 is 2.52 bits per heavy atom. The molecule has 4 aromatic rings. The van der Waals surface area contributed by atoms with Crippen molar-refractivity contribution in [3.63, 3.8) is 0 Å². The number of primary amides is 1. The molecule has 2 N–H and O–H groups in total. The number of amides is 1. The Kier molecular flexibility index (Phi) is 8.89. The number of nitrogens with two attached hydrogens (primary N) is 1. The van der Waals surface area contributed by atoms with E-state index in [9.17, 15) is 9.59 Å². The maximum atomic E-state index is 13.7. The molecule has 1 heterocycles. The SMILES string of the molecule is CCOc1cc(C=Nn2c(-c3cc(C(C)C)c(OC)cc3C)nc3ccccc3c2=O)c(Br)cc1OCC(N)=O. The van der Waals surface area contributed by atoms with Crippen LogP contribution in [0.15, 0.2) is 62.9 Å². The Labute approximate surface area is 240 Å². The van der Waals surface area contributed by atoms with Gasteiger partial charge in [-0.1, -0.05) is 26.0 Å². The summed E-state index contributed by atoms with van der Waals surface area (Å²) >= 11 is 3.53. The van der Waals surface area contributed by atoms with Crippen LogP contribution >= 0.6 is 15.9 Å². The highest BCUT2D eigenvalue weighted by atomic mass is 79.9. The number of hydrogen-bond donors (Lipinski definition) is 1. The van der Waals surface area contributed by atoms with Crippen LogP contribution in [0, 0.1) is 6.92 Å². The summed E-state index contributed by atoms with van der Waals surface area (Å²) in [5.41, 5.74) is 8.78. The van der Waals surface area contributed by atoms with Crippen molar-refractivity contribution >= 4 is 39.0 Å². The van der Waals surface area contributed by atoms with Crippen molar-refractivity contribution in [2.75, 3.05) is 20.3 Å². The van der Waals surface area contributed by atoms with Crippen LogP contribution in [0.4, 0.5) is 0 Å². The fourth-order valence-corrected chi connectivity index (χ4v) is 4.70. The summed E-state index contributed by atoms with van der Waals surface area (Å²) in [4.78, 5) is 29.8. The zero-order valence-electron chi connectivity index (χ0n) is 23.0. The van der Waals surface area contributed by atoms with E-state index in [0.717, 1.165) is 22.4 Å². The number of rotatable bonds is 10. The van der Waals surface area contributed by atoms with Crippen molar-refractivity contribution < 1.29 is 19.0 Å². The molecule has 0 aliphatic carbocycles. The van der Waals surface area contributed by atoms with Gasteiger partial charge in [-0.3, -0.25) is 9.59 Å². The van der Waals surface area contributed by atoms with Gasteiger partial charge in [0.2, 0.25) is 0 Å². The lowest BCUT2D eigenvalue weighted by molar-refractivity contribution is -0.119. The number of benzene rings is 3. The van der Waals surface area contributed by atoms with E-state index in [-0.39, 0.29) is 18.1 Å². The van der Waals surface area contributed by atoms with Gasteiger partial charge in [-0.25, -0.2) is 4.98 Å². The van der Waals surface area contributed by atoms with Gasteiger partial charge in [0.1, 0.15) is 5.75 Å². The van der Waals surface area contributed by atoms with Crippen molar-refractivity contribution in [3.8, 4) is 28.6 Å². The molecule has 1 aromatic heterocycles. The first kappa shape index (κ1) is 28.8. The number of nitrogens with zero attached hydrogens (tertiary/aromatic N) is 3. The number of fused-ring (bicyclic) bond motifs is 1. The molecular formula is C30H31BrN4O5. The topological polar surface area (TPSA) is 118 Å². The highest BCUT2D eigenvalue weighted by molar-refractivity contribution is 9.10. The fourth-order valence-electron chi connectivity index (χ4n) is 4.27. The quantitative estimate of drug-likeness (QED) is 0.241. The molecule has 1 amide bonds. The molecule has 0 radical (unpaired) electrons. The molecule has 3 aromatic carbocycles. The Morgan fingerprint density at radius 1 is 1.12 bits per heavy atom. The minimum absolute atomic E-state index is 0.182. The van der Waals surface area contributed by atoms with Gasteiger partial charge in [0, 0.05) is 15.6 Å². The number of carbonyl (C=O) groups excluding carboxylic acids is 1. The second kappa shape index (κ2) is 12.3. The first-order valence-electron chi connectivity index (χ1n) is 12.8. The number of methoxy groups -OCH3 is 1. The molecule has 0 aliphatic heterocycles. The lowest BCUT2D eigenvalue weighted by Gasteiger charge is -2.17. The zero-order chi connectivity index (χ0) is 29.0. The van der Waals surface area contributed by atoms with Gasteiger partial charge in [-0.05, 0) is 83.2 Å². The monoisotopic (exact) mass is 606 g/mol. The van der Waals surface area contributed by atoms with E-state index < -0.39 is 5.91 Å². The number of aromatic nitrogens is 2. The normalized spacial score (nSPS) is 11.4. The Hall–Kier alpha value is -4.18. The van der Waals surface area contributed by atoms with E-state index in [4.69, 9.17) is 24.9 Å². The molecule has 0 saturated heterocycles. The van der Waals surface area contributed by atoms with E-state index in [0.29, 0.717) is 44.9 Å². The standard InChI is InChI=1S/C30H31BrN4O5/c1-6-39-26-12-19(23(31)14-27(26)40-16-28(32)36)15-33-35-29(34-24-10-8-7-9-20(24)30(35)37)22-13-21(17(2)3)25(38-5)11-18(22)4/h7-15,17H,6,16H2,1-5H3,(H2,32,36). The van der Waals surface area contributed by atoms with Crippen molar-refractivity contribution in [2.45, 2.75) is 33.6 Å². The molecule has 0 saturated carbocycles. The van der Waals surface area contributed by atoms with E-state index in [2.05, 4.69) is 34.9 Å². The van der Waals surface area contributed by atoms with Crippen molar-refractivity contribution in [3.05, 3.63) is 80.0 Å². The van der Waals surface area contributed by atoms with Gasteiger partial charge in [0.25, 0.3) is 11.5 Å². The first-order valence-corrected chi connectivity index (χ1v) is 13.6. The lowest BCUT2D eigenvalue weighted by Crippen LogP contribution is -2.21. The highest BCUT2D eigenvalue weighted by Gasteiger charge is 2.19. The van der Waals surface area contributed by atoms with Crippen LogP contribution in [-0.2, 0) is 4.79 Å². The molecule has 0 spiro atoms. The molecule has 0 bridgehead atoms.